The van der Waals surface area contributed by atoms with E-state index >= 15 is 0 Å². The Morgan fingerprint density at radius 3 is 2.71 bits per heavy atom. The van der Waals surface area contributed by atoms with Crippen molar-refractivity contribution in [1.82, 2.24) is 4.98 Å². The number of benzene rings is 1. The molecule has 1 aromatic carbocycles. The molecule has 1 amide bonds. The zero-order valence-corrected chi connectivity index (χ0v) is 11.4. The van der Waals surface area contributed by atoms with Gasteiger partial charge >= 0.3 is 0 Å². The molecule has 0 saturated carbocycles. The number of carbonyl (C=O) groups excluding carboxylic acids is 1. The molecule has 5 heteroatoms. The van der Waals surface area contributed by atoms with Crippen LogP contribution in [0.25, 0.3) is 6.08 Å². The molecule has 0 radical (unpaired) electrons. The lowest BCUT2D eigenvalue weighted by molar-refractivity contribution is -0.112. The number of methoxy groups -OCH3 is 1. The highest BCUT2D eigenvalue weighted by Gasteiger charge is 2.12. The molecule has 2 rings (SSSR count). The number of hydrogen-bond acceptors (Lipinski definition) is 4. The van der Waals surface area contributed by atoms with Gasteiger partial charge in [0.25, 0.3) is 5.91 Å². The van der Waals surface area contributed by atoms with E-state index in [-0.39, 0.29) is 5.57 Å². The number of nitriles is 1. The highest BCUT2D eigenvalue weighted by atomic mass is 16.5. The molecular formula is C16H13N3O2. The number of nitrogens with one attached hydrogen (secondary N) is 1. The first-order valence-electron chi connectivity index (χ1n) is 6.22. The number of pyridine rings is 1. The highest BCUT2D eigenvalue weighted by molar-refractivity contribution is 6.10. The van der Waals surface area contributed by atoms with E-state index in [0.29, 0.717) is 17.1 Å². The molecule has 0 spiro atoms. The molecule has 0 fully saturated rings. The minimum absolute atomic E-state index is 0.0281. The lowest BCUT2D eigenvalue weighted by Crippen LogP contribution is -2.14. The molecule has 0 aliphatic carbocycles. The van der Waals surface area contributed by atoms with Gasteiger partial charge in [-0.15, -0.1) is 0 Å². The molecule has 21 heavy (non-hydrogen) atoms. The van der Waals surface area contributed by atoms with Crippen molar-refractivity contribution in [3.05, 3.63) is 59.9 Å². The van der Waals surface area contributed by atoms with Crippen LogP contribution >= 0.6 is 0 Å². The molecule has 0 saturated heterocycles. The number of anilines is 1. The number of para-hydroxylation sites is 2. The molecule has 1 heterocycles. The van der Waals surface area contributed by atoms with Crippen LogP contribution in [0.3, 0.4) is 0 Å². The summed E-state index contributed by atoms with van der Waals surface area (Å²) < 4.78 is 5.15. The van der Waals surface area contributed by atoms with E-state index in [9.17, 15) is 4.79 Å². The van der Waals surface area contributed by atoms with E-state index in [4.69, 9.17) is 10.00 Å². The smallest absolute Gasteiger partial charge is 0.266 e. The van der Waals surface area contributed by atoms with E-state index in [2.05, 4.69) is 10.3 Å². The van der Waals surface area contributed by atoms with Crippen molar-refractivity contribution in [2.24, 2.45) is 0 Å². The Balaban J connectivity index is 2.22. The van der Waals surface area contributed by atoms with Gasteiger partial charge in [0.1, 0.15) is 17.4 Å². The number of ether oxygens (including phenoxy) is 1. The van der Waals surface area contributed by atoms with Crippen LogP contribution in [0.5, 0.6) is 5.75 Å². The Hall–Kier alpha value is -3.13. The van der Waals surface area contributed by atoms with Crippen molar-refractivity contribution < 1.29 is 9.53 Å². The van der Waals surface area contributed by atoms with Gasteiger partial charge in [-0.3, -0.25) is 9.78 Å². The summed E-state index contributed by atoms with van der Waals surface area (Å²) in [6.45, 7) is 0. The van der Waals surface area contributed by atoms with E-state index in [1.165, 1.54) is 13.2 Å². The maximum atomic E-state index is 12.1. The second kappa shape index (κ2) is 6.87. The Morgan fingerprint density at radius 2 is 2.05 bits per heavy atom. The van der Waals surface area contributed by atoms with E-state index in [1.54, 1.807) is 48.7 Å². The SMILES string of the molecule is COc1ccccc1NC(=O)C(C#N)=Cc1ccccn1. The Morgan fingerprint density at radius 1 is 1.29 bits per heavy atom. The van der Waals surface area contributed by atoms with Gasteiger partial charge in [-0.25, -0.2) is 0 Å². The van der Waals surface area contributed by atoms with Crippen LogP contribution in [-0.2, 0) is 4.79 Å². The maximum absolute atomic E-state index is 12.1. The minimum atomic E-state index is -0.507. The molecule has 0 bridgehead atoms. The van der Waals surface area contributed by atoms with Gasteiger partial charge in [0, 0.05) is 6.20 Å². The molecule has 0 atom stereocenters. The number of aromatic nitrogens is 1. The summed E-state index contributed by atoms with van der Waals surface area (Å²) in [5.74, 6) is 0.0219. The predicted molar refractivity (Wildman–Crippen MR) is 79.5 cm³/mol. The summed E-state index contributed by atoms with van der Waals surface area (Å²) in [6, 6.07) is 14.1. The first kappa shape index (κ1) is 14.3. The van der Waals surface area contributed by atoms with Crippen LogP contribution in [0.1, 0.15) is 5.69 Å². The van der Waals surface area contributed by atoms with Crippen LogP contribution in [0, 0.1) is 11.3 Å². The van der Waals surface area contributed by atoms with E-state index < -0.39 is 5.91 Å². The number of carbonyl (C=O) groups is 1. The van der Waals surface area contributed by atoms with Gasteiger partial charge < -0.3 is 10.1 Å². The van der Waals surface area contributed by atoms with Crippen molar-refractivity contribution in [1.29, 1.82) is 5.26 Å². The third-order valence-corrected chi connectivity index (χ3v) is 2.70. The summed E-state index contributed by atoms with van der Waals surface area (Å²) in [5.41, 5.74) is 1.02. The van der Waals surface area contributed by atoms with Crippen molar-refractivity contribution in [2.75, 3.05) is 12.4 Å². The predicted octanol–water partition coefficient (Wildman–Crippen LogP) is 2.64. The Labute approximate surface area is 122 Å². The summed E-state index contributed by atoms with van der Waals surface area (Å²) in [5, 5.41) is 11.8. The van der Waals surface area contributed by atoms with E-state index in [0.717, 1.165) is 0 Å². The molecule has 0 aliphatic heterocycles. The summed E-state index contributed by atoms with van der Waals surface area (Å²) in [7, 11) is 1.51. The molecule has 0 unspecified atom stereocenters. The Kier molecular flexibility index (Phi) is 4.67. The van der Waals surface area contributed by atoms with Gasteiger partial charge in [-0.2, -0.15) is 5.26 Å². The lowest BCUT2D eigenvalue weighted by Gasteiger charge is -2.09. The van der Waals surface area contributed by atoms with Crippen LogP contribution in [-0.4, -0.2) is 18.0 Å². The van der Waals surface area contributed by atoms with Crippen LogP contribution in [0.15, 0.2) is 54.2 Å². The van der Waals surface area contributed by atoms with Gasteiger partial charge in [0.15, 0.2) is 0 Å². The van der Waals surface area contributed by atoms with Crippen LogP contribution < -0.4 is 10.1 Å². The molecule has 0 aliphatic rings. The summed E-state index contributed by atoms with van der Waals surface area (Å²) in [4.78, 5) is 16.2. The quantitative estimate of drug-likeness (QED) is 0.689. The highest BCUT2D eigenvalue weighted by Crippen LogP contribution is 2.23. The van der Waals surface area contributed by atoms with Gasteiger partial charge in [0.05, 0.1) is 18.5 Å². The second-order valence-corrected chi connectivity index (χ2v) is 4.08. The fourth-order valence-electron chi connectivity index (χ4n) is 1.70. The topological polar surface area (TPSA) is 75.0 Å². The lowest BCUT2D eigenvalue weighted by atomic mass is 10.2. The normalized spacial score (nSPS) is 10.6. The monoisotopic (exact) mass is 279 g/mol. The molecule has 2 aromatic rings. The van der Waals surface area contributed by atoms with Crippen molar-refractivity contribution >= 4 is 17.7 Å². The van der Waals surface area contributed by atoms with Gasteiger partial charge in [-0.1, -0.05) is 18.2 Å². The van der Waals surface area contributed by atoms with Crippen LogP contribution in [0.2, 0.25) is 0 Å². The number of hydrogen-bond donors (Lipinski definition) is 1. The largest absolute Gasteiger partial charge is 0.495 e. The average Bonchev–Trinajstić information content (AvgIpc) is 2.54. The minimum Gasteiger partial charge on any atom is -0.495 e. The number of amides is 1. The van der Waals surface area contributed by atoms with E-state index in [1.807, 2.05) is 6.07 Å². The fraction of sp³-hybridized carbons (Fsp3) is 0.0625. The van der Waals surface area contributed by atoms with Crippen LogP contribution in [0.4, 0.5) is 5.69 Å². The zero-order chi connectivity index (χ0) is 15.1. The molecular weight excluding hydrogens is 266 g/mol. The number of rotatable bonds is 4. The third kappa shape index (κ3) is 3.67. The van der Waals surface area contributed by atoms with Gasteiger partial charge in [-0.05, 0) is 30.3 Å². The van der Waals surface area contributed by atoms with Gasteiger partial charge in [0.2, 0.25) is 0 Å². The molecule has 1 N–H and O–H groups in total. The molecule has 1 aromatic heterocycles. The van der Waals surface area contributed by atoms with Crippen molar-refractivity contribution in [2.45, 2.75) is 0 Å². The standard InChI is InChI=1S/C16H13N3O2/c1-21-15-8-3-2-7-14(15)19-16(20)12(11-17)10-13-6-4-5-9-18-13/h2-10H,1H3,(H,19,20). The first-order chi connectivity index (χ1) is 10.2. The van der Waals surface area contributed by atoms with Crippen molar-refractivity contribution in [3.8, 4) is 11.8 Å². The fourth-order valence-corrected chi connectivity index (χ4v) is 1.70. The van der Waals surface area contributed by atoms with Crippen molar-refractivity contribution in [3.63, 3.8) is 0 Å². The first-order valence-corrected chi connectivity index (χ1v) is 6.22. The summed E-state index contributed by atoms with van der Waals surface area (Å²) in [6.07, 6.45) is 3.03. The maximum Gasteiger partial charge on any atom is 0.266 e. The Bertz CT molecular complexity index is 703. The molecule has 5 nitrogen and oxygen atoms in total. The molecule has 104 valence electrons. The average molecular weight is 279 g/mol. The third-order valence-electron chi connectivity index (χ3n) is 2.70. The second-order valence-electron chi connectivity index (χ2n) is 4.08. The number of nitrogens with zero attached hydrogens (tertiary/aromatic N) is 2. The zero-order valence-electron chi connectivity index (χ0n) is 11.4. The summed E-state index contributed by atoms with van der Waals surface area (Å²) >= 11 is 0.